The number of amides is 2. The number of sulfonamides is 1. The van der Waals surface area contributed by atoms with Gasteiger partial charge < -0.3 is 15.0 Å². The van der Waals surface area contributed by atoms with E-state index in [2.05, 4.69) is 21.2 Å². The molecule has 1 N–H and O–H groups in total. The van der Waals surface area contributed by atoms with E-state index >= 15 is 0 Å². The van der Waals surface area contributed by atoms with Crippen molar-refractivity contribution in [1.82, 2.24) is 10.2 Å². The fourth-order valence-corrected chi connectivity index (χ4v) is 6.10. The largest absolute Gasteiger partial charge is 0.497 e. The highest BCUT2D eigenvalue weighted by Crippen LogP contribution is 2.29. The van der Waals surface area contributed by atoms with Crippen LogP contribution in [0.3, 0.4) is 0 Å². The molecule has 0 aromatic heterocycles. The molecule has 0 heterocycles. The number of carbonyl (C=O) groups is 2. The summed E-state index contributed by atoms with van der Waals surface area (Å²) in [6.07, 6.45) is 0. The summed E-state index contributed by atoms with van der Waals surface area (Å²) in [7, 11) is -3.03. The number of halogens is 1. The molecular formula is C30H35BrN4O7S. The third-order valence-electron chi connectivity index (χ3n) is 6.70. The van der Waals surface area contributed by atoms with Gasteiger partial charge in [-0.3, -0.25) is 24.0 Å². The van der Waals surface area contributed by atoms with Crippen LogP contribution in [0.1, 0.15) is 31.9 Å². The van der Waals surface area contributed by atoms with E-state index < -0.39 is 33.4 Å². The highest BCUT2D eigenvalue weighted by molar-refractivity contribution is 9.10. The second-order valence-corrected chi connectivity index (χ2v) is 13.2. The Hall–Kier alpha value is -3.97. The summed E-state index contributed by atoms with van der Waals surface area (Å²) in [6.45, 7) is 6.74. The van der Waals surface area contributed by atoms with Crippen LogP contribution in [0.25, 0.3) is 0 Å². The number of aryl methyl sites for hydroxylation is 1. The summed E-state index contributed by atoms with van der Waals surface area (Å²) in [5.41, 5.74) is 0.780. The lowest BCUT2D eigenvalue weighted by Crippen LogP contribution is -2.51. The molecule has 0 aliphatic heterocycles. The van der Waals surface area contributed by atoms with Crippen molar-refractivity contribution in [3.05, 3.63) is 92.4 Å². The van der Waals surface area contributed by atoms with Crippen molar-refractivity contribution in [1.29, 1.82) is 0 Å². The normalized spacial score (nSPS) is 12.0. The molecule has 0 saturated heterocycles. The molecule has 3 aromatic rings. The van der Waals surface area contributed by atoms with E-state index in [0.29, 0.717) is 12.3 Å². The van der Waals surface area contributed by atoms with Crippen LogP contribution in [0, 0.1) is 23.0 Å². The fourth-order valence-electron chi connectivity index (χ4n) is 4.22. The Morgan fingerprint density at radius 3 is 2.30 bits per heavy atom. The van der Waals surface area contributed by atoms with Crippen LogP contribution in [0.15, 0.2) is 76.1 Å². The van der Waals surface area contributed by atoms with E-state index in [9.17, 15) is 28.1 Å². The average molecular weight is 676 g/mol. The number of nitrogens with zero attached hydrogens (tertiary/aromatic N) is 3. The Labute approximate surface area is 260 Å². The second kappa shape index (κ2) is 14.5. The van der Waals surface area contributed by atoms with Crippen LogP contribution < -0.4 is 14.4 Å². The summed E-state index contributed by atoms with van der Waals surface area (Å²) in [5, 5.41) is 14.4. The lowest BCUT2D eigenvalue weighted by Gasteiger charge is -2.32. The van der Waals surface area contributed by atoms with Gasteiger partial charge in [-0.1, -0.05) is 48.0 Å². The number of nitro groups is 1. The molecule has 0 fully saturated rings. The van der Waals surface area contributed by atoms with Gasteiger partial charge in [0, 0.05) is 29.2 Å². The van der Waals surface area contributed by atoms with E-state index in [-0.39, 0.29) is 40.2 Å². The number of hydrogen-bond acceptors (Lipinski definition) is 7. The van der Waals surface area contributed by atoms with Gasteiger partial charge in [0.1, 0.15) is 18.3 Å². The number of anilines is 1. The van der Waals surface area contributed by atoms with E-state index in [1.165, 1.54) is 43.2 Å². The molecule has 2 amide bonds. The average Bonchev–Trinajstić information content (AvgIpc) is 2.96. The molecule has 0 bridgehead atoms. The fraction of sp³-hybridized carbons (Fsp3) is 0.333. The van der Waals surface area contributed by atoms with E-state index in [1.807, 2.05) is 26.0 Å². The molecule has 1 unspecified atom stereocenters. The molecule has 0 aliphatic carbocycles. The van der Waals surface area contributed by atoms with Crippen molar-refractivity contribution in [3.8, 4) is 5.75 Å². The first kappa shape index (κ1) is 33.5. The SMILES string of the molecule is COc1ccc(N(CC(=O)N(Cc2cccc(Br)c2)C(C)C(=O)NCC(C)C)S(=O)(=O)c2ccc(C)c([N+](=O)[O-])c2)cc1. The summed E-state index contributed by atoms with van der Waals surface area (Å²) in [6, 6.07) is 15.9. The van der Waals surface area contributed by atoms with Crippen molar-refractivity contribution in [2.45, 2.75) is 45.2 Å². The van der Waals surface area contributed by atoms with Gasteiger partial charge in [0.25, 0.3) is 15.7 Å². The van der Waals surface area contributed by atoms with Gasteiger partial charge in [0.2, 0.25) is 11.8 Å². The zero-order chi connectivity index (χ0) is 31.9. The maximum absolute atomic E-state index is 14.0. The summed E-state index contributed by atoms with van der Waals surface area (Å²) in [4.78, 5) is 39.0. The highest BCUT2D eigenvalue weighted by atomic mass is 79.9. The minimum Gasteiger partial charge on any atom is -0.497 e. The number of carbonyl (C=O) groups excluding carboxylic acids is 2. The Morgan fingerprint density at radius 2 is 1.72 bits per heavy atom. The molecule has 1 atom stereocenters. The van der Waals surface area contributed by atoms with Crippen molar-refractivity contribution in [2.75, 3.05) is 24.5 Å². The summed E-state index contributed by atoms with van der Waals surface area (Å²) in [5.74, 6) is -0.386. The first-order valence-electron chi connectivity index (χ1n) is 13.5. The zero-order valence-corrected chi connectivity index (χ0v) is 27.0. The number of hydrogen-bond donors (Lipinski definition) is 1. The molecule has 230 valence electrons. The Balaban J connectivity index is 2.08. The molecule has 13 heteroatoms. The Kier molecular flexibility index (Phi) is 11.3. The van der Waals surface area contributed by atoms with Gasteiger partial charge in [-0.15, -0.1) is 0 Å². The van der Waals surface area contributed by atoms with Gasteiger partial charge in [-0.25, -0.2) is 8.42 Å². The smallest absolute Gasteiger partial charge is 0.273 e. The van der Waals surface area contributed by atoms with Crippen LogP contribution in [0.4, 0.5) is 11.4 Å². The van der Waals surface area contributed by atoms with Crippen molar-refractivity contribution >= 4 is 49.1 Å². The molecular weight excluding hydrogens is 640 g/mol. The van der Waals surface area contributed by atoms with Crippen LogP contribution in [0.2, 0.25) is 0 Å². The molecule has 3 aromatic carbocycles. The lowest BCUT2D eigenvalue weighted by atomic mass is 10.1. The van der Waals surface area contributed by atoms with Gasteiger partial charge >= 0.3 is 0 Å². The van der Waals surface area contributed by atoms with E-state index in [0.717, 1.165) is 20.4 Å². The number of nitrogens with one attached hydrogen (secondary N) is 1. The minimum atomic E-state index is -4.49. The molecule has 43 heavy (non-hydrogen) atoms. The first-order valence-corrected chi connectivity index (χ1v) is 15.7. The Bertz CT molecular complexity index is 1580. The third-order valence-corrected chi connectivity index (χ3v) is 8.96. The van der Waals surface area contributed by atoms with Crippen LogP contribution in [-0.4, -0.2) is 56.3 Å². The second-order valence-electron chi connectivity index (χ2n) is 10.4. The van der Waals surface area contributed by atoms with Gasteiger partial charge in [-0.05, 0) is 67.8 Å². The molecule has 0 saturated carbocycles. The van der Waals surface area contributed by atoms with Crippen molar-refractivity contribution in [3.63, 3.8) is 0 Å². The first-order chi connectivity index (χ1) is 20.2. The minimum absolute atomic E-state index is 0.0288. The molecule has 0 radical (unpaired) electrons. The van der Waals surface area contributed by atoms with Gasteiger partial charge in [0.05, 0.1) is 22.6 Å². The number of rotatable bonds is 13. The maximum Gasteiger partial charge on any atom is 0.273 e. The highest BCUT2D eigenvalue weighted by Gasteiger charge is 2.33. The van der Waals surface area contributed by atoms with E-state index in [1.54, 1.807) is 31.2 Å². The third kappa shape index (κ3) is 8.54. The van der Waals surface area contributed by atoms with Crippen molar-refractivity contribution in [2.24, 2.45) is 5.92 Å². The topological polar surface area (TPSA) is 139 Å². The summed E-state index contributed by atoms with van der Waals surface area (Å²) >= 11 is 3.42. The Morgan fingerprint density at radius 1 is 1.05 bits per heavy atom. The lowest BCUT2D eigenvalue weighted by molar-refractivity contribution is -0.385. The number of nitro benzene ring substituents is 1. The zero-order valence-electron chi connectivity index (χ0n) is 24.6. The maximum atomic E-state index is 14.0. The summed E-state index contributed by atoms with van der Waals surface area (Å²) < 4.78 is 34.9. The number of methoxy groups -OCH3 is 1. The molecule has 0 spiro atoms. The predicted octanol–water partition coefficient (Wildman–Crippen LogP) is 5.06. The van der Waals surface area contributed by atoms with Crippen LogP contribution >= 0.6 is 15.9 Å². The predicted molar refractivity (Wildman–Crippen MR) is 167 cm³/mol. The van der Waals surface area contributed by atoms with Crippen molar-refractivity contribution < 1.29 is 27.7 Å². The van der Waals surface area contributed by atoms with Gasteiger partial charge in [-0.2, -0.15) is 0 Å². The van der Waals surface area contributed by atoms with Crippen LogP contribution in [0.5, 0.6) is 5.75 Å². The number of ether oxygens (including phenoxy) is 1. The molecule has 3 rings (SSSR count). The number of benzene rings is 3. The van der Waals surface area contributed by atoms with Gasteiger partial charge in [0.15, 0.2) is 0 Å². The van der Waals surface area contributed by atoms with E-state index in [4.69, 9.17) is 4.74 Å². The monoisotopic (exact) mass is 674 g/mol. The molecule has 0 aliphatic rings. The molecule has 11 nitrogen and oxygen atoms in total. The standard InChI is InChI=1S/C30H35BrN4O7S/c1-20(2)17-32-30(37)22(4)33(18-23-7-6-8-24(31)15-23)29(36)19-34(25-10-12-26(42-5)13-11-25)43(40,41)27-14-9-21(3)28(16-27)35(38)39/h6-16,20,22H,17-19H2,1-5H3,(H,32,37). The quantitative estimate of drug-likeness (QED) is 0.197. The van der Waals surface area contributed by atoms with Crippen LogP contribution in [-0.2, 0) is 26.2 Å².